The number of carbonyl (C=O) groups is 1. The molecule has 70 valence electrons. The highest BCUT2D eigenvalue weighted by atomic mass is 35.5. The second kappa shape index (κ2) is 4.09. The molecule has 0 amide bonds. The van der Waals surface area contributed by atoms with Crippen molar-refractivity contribution < 1.29 is 19.0 Å². The number of carboxylic acids is 1. The zero-order chi connectivity index (χ0) is 9.84. The van der Waals surface area contributed by atoms with Crippen LogP contribution in [-0.4, -0.2) is 17.7 Å². The number of hydrogen-bond donors (Lipinski definition) is 1. The van der Waals surface area contributed by atoms with Crippen LogP contribution in [0.4, 0.5) is 4.39 Å². The molecule has 0 spiro atoms. The minimum atomic E-state index is -1.18. The van der Waals surface area contributed by atoms with Gasteiger partial charge in [0.15, 0.2) is 18.2 Å². The molecule has 0 unspecified atom stereocenters. The van der Waals surface area contributed by atoms with Crippen molar-refractivity contribution in [2.75, 3.05) is 6.61 Å². The van der Waals surface area contributed by atoms with Crippen molar-refractivity contribution in [3.63, 3.8) is 0 Å². The van der Waals surface area contributed by atoms with Crippen molar-refractivity contribution in [2.24, 2.45) is 0 Å². The van der Waals surface area contributed by atoms with E-state index in [4.69, 9.17) is 16.7 Å². The number of carboxylic acid groups (broad SMARTS) is 1. The van der Waals surface area contributed by atoms with Crippen molar-refractivity contribution in [2.45, 2.75) is 0 Å². The van der Waals surface area contributed by atoms with Gasteiger partial charge in [-0.25, -0.2) is 9.18 Å². The third kappa shape index (κ3) is 2.59. The van der Waals surface area contributed by atoms with Gasteiger partial charge in [-0.15, -0.1) is 0 Å². The molecule has 1 aromatic rings. The molecule has 0 saturated carbocycles. The van der Waals surface area contributed by atoms with Crippen LogP contribution < -0.4 is 4.74 Å². The Morgan fingerprint density at radius 2 is 2.31 bits per heavy atom. The smallest absolute Gasteiger partial charge is 0.341 e. The van der Waals surface area contributed by atoms with Crippen LogP contribution in [0.25, 0.3) is 0 Å². The monoisotopic (exact) mass is 204 g/mol. The molecule has 13 heavy (non-hydrogen) atoms. The van der Waals surface area contributed by atoms with E-state index in [-0.39, 0.29) is 10.8 Å². The molecule has 0 fully saturated rings. The molecule has 1 N–H and O–H groups in total. The number of rotatable bonds is 3. The first-order valence-corrected chi connectivity index (χ1v) is 3.77. The quantitative estimate of drug-likeness (QED) is 0.819. The molecule has 0 bridgehead atoms. The molecule has 0 heterocycles. The summed E-state index contributed by atoms with van der Waals surface area (Å²) < 4.78 is 17.5. The maximum absolute atomic E-state index is 12.9. The predicted octanol–water partition coefficient (Wildman–Crippen LogP) is 1.94. The van der Waals surface area contributed by atoms with E-state index in [1.807, 2.05) is 0 Å². The van der Waals surface area contributed by atoms with Crippen LogP contribution in [0.15, 0.2) is 18.2 Å². The van der Waals surface area contributed by atoms with Gasteiger partial charge >= 0.3 is 5.97 Å². The highest BCUT2D eigenvalue weighted by Crippen LogP contribution is 2.26. The van der Waals surface area contributed by atoms with Crippen LogP contribution in [0.2, 0.25) is 5.02 Å². The first-order valence-electron chi connectivity index (χ1n) is 3.40. The average Bonchev–Trinajstić information content (AvgIpc) is 2.03. The summed E-state index contributed by atoms with van der Waals surface area (Å²) in [5, 5.41) is 8.32. The van der Waals surface area contributed by atoms with Crippen LogP contribution in [0.1, 0.15) is 0 Å². The van der Waals surface area contributed by atoms with Gasteiger partial charge in [-0.2, -0.15) is 0 Å². The zero-order valence-electron chi connectivity index (χ0n) is 6.46. The van der Waals surface area contributed by atoms with E-state index in [2.05, 4.69) is 4.74 Å². The summed E-state index contributed by atoms with van der Waals surface area (Å²) in [5.41, 5.74) is 0. The van der Waals surface area contributed by atoms with Gasteiger partial charge in [-0.1, -0.05) is 17.7 Å². The van der Waals surface area contributed by atoms with E-state index in [0.717, 1.165) is 6.07 Å². The fourth-order valence-corrected chi connectivity index (χ4v) is 0.972. The van der Waals surface area contributed by atoms with Crippen LogP contribution >= 0.6 is 11.6 Å². The Labute approximate surface area is 78.7 Å². The number of halogens is 2. The van der Waals surface area contributed by atoms with Gasteiger partial charge in [0.25, 0.3) is 0 Å². The molecule has 0 aliphatic heterocycles. The van der Waals surface area contributed by atoms with E-state index >= 15 is 0 Å². The summed E-state index contributed by atoms with van der Waals surface area (Å²) in [4.78, 5) is 10.1. The van der Waals surface area contributed by atoms with Crippen molar-refractivity contribution in [3.8, 4) is 5.75 Å². The highest BCUT2D eigenvalue weighted by Gasteiger charge is 2.09. The van der Waals surface area contributed by atoms with Crippen molar-refractivity contribution in [3.05, 3.63) is 29.0 Å². The molecule has 3 nitrogen and oxygen atoms in total. The molecule has 0 radical (unpaired) electrons. The number of para-hydroxylation sites is 1. The van der Waals surface area contributed by atoms with E-state index in [1.165, 1.54) is 12.1 Å². The molecule has 0 saturated heterocycles. The number of aliphatic carboxylic acids is 1. The Balaban J connectivity index is 2.81. The van der Waals surface area contributed by atoms with Crippen LogP contribution in [-0.2, 0) is 4.79 Å². The Kier molecular flexibility index (Phi) is 3.08. The second-order valence-electron chi connectivity index (χ2n) is 2.23. The molecule has 0 atom stereocenters. The largest absolute Gasteiger partial charge is 0.479 e. The lowest BCUT2D eigenvalue weighted by atomic mass is 10.3. The molecule has 5 heteroatoms. The standard InChI is InChI=1S/C8H6ClFO3/c9-5-2-1-3-6(10)8(5)13-4-7(11)12/h1-3H,4H2,(H,11,12). The third-order valence-electron chi connectivity index (χ3n) is 1.26. The van der Waals surface area contributed by atoms with Gasteiger partial charge in [0.05, 0.1) is 5.02 Å². The van der Waals surface area contributed by atoms with E-state index < -0.39 is 18.4 Å². The summed E-state index contributed by atoms with van der Waals surface area (Å²) in [7, 11) is 0. The fraction of sp³-hybridized carbons (Fsp3) is 0.125. The number of benzene rings is 1. The van der Waals surface area contributed by atoms with Gasteiger partial charge in [0.2, 0.25) is 0 Å². The van der Waals surface area contributed by atoms with E-state index in [9.17, 15) is 9.18 Å². The van der Waals surface area contributed by atoms with E-state index in [1.54, 1.807) is 0 Å². The maximum Gasteiger partial charge on any atom is 0.341 e. The van der Waals surface area contributed by atoms with Crippen LogP contribution in [0.5, 0.6) is 5.75 Å². The Hall–Kier alpha value is -1.29. The molecule has 0 aliphatic carbocycles. The Bertz CT molecular complexity index is 307. The van der Waals surface area contributed by atoms with E-state index in [0.29, 0.717) is 0 Å². The normalized spacial score (nSPS) is 9.69. The van der Waals surface area contributed by atoms with Gasteiger partial charge in [0, 0.05) is 0 Å². The number of hydrogen-bond acceptors (Lipinski definition) is 2. The number of ether oxygens (including phenoxy) is 1. The van der Waals surface area contributed by atoms with Gasteiger partial charge in [0.1, 0.15) is 0 Å². The lowest BCUT2D eigenvalue weighted by Crippen LogP contribution is -2.10. The minimum absolute atomic E-state index is 0.0567. The van der Waals surface area contributed by atoms with Crippen molar-refractivity contribution >= 4 is 17.6 Å². The third-order valence-corrected chi connectivity index (χ3v) is 1.56. The predicted molar refractivity (Wildman–Crippen MR) is 44.5 cm³/mol. The first kappa shape index (κ1) is 9.80. The molecule has 0 aliphatic rings. The SMILES string of the molecule is O=C(O)COc1c(F)cccc1Cl. The summed E-state index contributed by atoms with van der Waals surface area (Å²) in [6.07, 6.45) is 0. The first-order chi connectivity index (χ1) is 6.11. The lowest BCUT2D eigenvalue weighted by Gasteiger charge is -2.05. The topological polar surface area (TPSA) is 46.5 Å². The lowest BCUT2D eigenvalue weighted by molar-refractivity contribution is -0.139. The van der Waals surface area contributed by atoms with Crippen molar-refractivity contribution in [1.82, 2.24) is 0 Å². The summed E-state index contributed by atoms with van der Waals surface area (Å²) >= 11 is 5.56. The average molecular weight is 205 g/mol. The van der Waals surface area contributed by atoms with Crippen LogP contribution in [0.3, 0.4) is 0 Å². The maximum atomic E-state index is 12.9. The fourth-order valence-electron chi connectivity index (χ4n) is 0.754. The molecule has 0 aromatic heterocycles. The Morgan fingerprint density at radius 3 is 2.85 bits per heavy atom. The van der Waals surface area contributed by atoms with Crippen LogP contribution in [0, 0.1) is 5.82 Å². The highest BCUT2D eigenvalue weighted by molar-refractivity contribution is 6.32. The summed E-state index contributed by atoms with van der Waals surface area (Å²) in [5.74, 6) is -2.08. The summed E-state index contributed by atoms with van der Waals surface area (Å²) in [6.45, 7) is -0.610. The van der Waals surface area contributed by atoms with Crippen molar-refractivity contribution in [1.29, 1.82) is 0 Å². The van der Waals surface area contributed by atoms with Gasteiger partial charge in [-0.05, 0) is 12.1 Å². The molecular weight excluding hydrogens is 199 g/mol. The molecule has 1 aromatic carbocycles. The van der Waals surface area contributed by atoms with Gasteiger partial charge < -0.3 is 9.84 Å². The molecule has 1 rings (SSSR count). The summed E-state index contributed by atoms with van der Waals surface area (Å²) in [6, 6.07) is 3.97. The Morgan fingerprint density at radius 1 is 1.62 bits per heavy atom. The van der Waals surface area contributed by atoms with Gasteiger partial charge in [-0.3, -0.25) is 0 Å². The molecular formula is C8H6ClFO3. The zero-order valence-corrected chi connectivity index (χ0v) is 7.21. The second-order valence-corrected chi connectivity index (χ2v) is 2.64. The minimum Gasteiger partial charge on any atom is -0.479 e.